The Morgan fingerprint density at radius 2 is 1.67 bits per heavy atom. The van der Waals surface area contributed by atoms with E-state index in [0.29, 0.717) is 27.1 Å². The summed E-state index contributed by atoms with van der Waals surface area (Å²) in [5, 5.41) is 5.42. The molecule has 0 unspecified atom stereocenters. The standard InChI is InChI=1S/C15H14BrN3O2/c1-9(20)18-10-4-2-5-11(8-10)19-15(21)12-6-3-7-13(17)14(12)16/h2-8H,17H2,1H3,(H,18,20)(H,19,21). The molecule has 0 saturated heterocycles. The van der Waals surface area contributed by atoms with E-state index in [0.717, 1.165) is 0 Å². The Kier molecular flexibility index (Phi) is 4.59. The van der Waals surface area contributed by atoms with E-state index in [4.69, 9.17) is 5.73 Å². The number of anilines is 3. The molecule has 0 aliphatic heterocycles. The van der Waals surface area contributed by atoms with Crippen molar-refractivity contribution >= 4 is 44.8 Å². The lowest BCUT2D eigenvalue weighted by molar-refractivity contribution is -0.114. The van der Waals surface area contributed by atoms with E-state index in [1.807, 2.05) is 0 Å². The first kappa shape index (κ1) is 15.1. The number of carbonyl (C=O) groups is 2. The van der Waals surface area contributed by atoms with Gasteiger partial charge in [-0.15, -0.1) is 0 Å². The van der Waals surface area contributed by atoms with Crippen molar-refractivity contribution in [3.8, 4) is 0 Å². The van der Waals surface area contributed by atoms with Gasteiger partial charge in [-0.2, -0.15) is 0 Å². The molecule has 5 nitrogen and oxygen atoms in total. The summed E-state index contributed by atoms with van der Waals surface area (Å²) in [6, 6.07) is 12.0. The van der Waals surface area contributed by atoms with Gasteiger partial charge in [0.25, 0.3) is 5.91 Å². The van der Waals surface area contributed by atoms with Crippen molar-refractivity contribution < 1.29 is 9.59 Å². The summed E-state index contributed by atoms with van der Waals surface area (Å²) in [5.41, 5.74) is 7.90. The summed E-state index contributed by atoms with van der Waals surface area (Å²) in [5.74, 6) is -0.453. The highest BCUT2D eigenvalue weighted by Crippen LogP contribution is 2.25. The van der Waals surface area contributed by atoms with Gasteiger partial charge < -0.3 is 16.4 Å². The van der Waals surface area contributed by atoms with Crippen LogP contribution >= 0.6 is 15.9 Å². The largest absolute Gasteiger partial charge is 0.398 e. The molecule has 2 aromatic carbocycles. The van der Waals surface area contributed by atoms with Gasteiger partial charge in [-0.1, -0.05) is 12.1 Å². The van der Waals surface area contributed by atoms with Crippen LogP contribution in [0.4, 0.5) is 17.1 Å². The summed E-state index contributed by atoms with van der Waals surface area (Å²) in [7, 11) is 0. The molecule has 2 aromatic rings. The average molecular weight is 348 g/mol. The third-order valence-corrected chi connectivity index (χ3v) is 3.60. The number of hydrogen-bond donors (Lipinski definition) is 3. The molecular formula is C15H14BrN3O2. The van der Waals surface area contributed by atoms with Gasteiger partial charge in [0.05, 0.1) is 10.0 Å². The highest BCUT2D eigenvalue weighted by molar-refractivity contribution is 9.10. The smallest absolute Gasteiger partial charge is 0.256 e. The molecular weight excluding hydrogens is 334 g/mol. The number of nitrogens with one attached hydrogen (secondary N) is 2. The maximum absolute atomic E-state index is 12.2. The molecule has 2 rings (SSSR count). The molecule has 2 amide bonds. The normalized spacial score (nSPS) is 10.0. The van der Waals surface area contributed by atoms with E-state index in [1.165, 1.54) is 6.92 Å². The first-order valence-corrected chi connectivity index (χ1v) is 6.99. The van der Waals surface area contributed by atoms with Crippen LogP contribution in [-0.2, 0) is 4.79 Å². The van der Waals surface area contributed by atoms with Gasteiger partial charge in [0.2, 0.25) is 5.91 Å². The van der Waals surface area contributed by atoms with E-state index in [9.17, 15) is 9.59 Å². The lowest BCUT2D eigenvalue weighted by atomic mass is 10.2. The molecule has 0 aliphatic rings. The Hall–Kier alpha value is -2.34. The molecule has 0 saturated carbocycles. The average Bonchev–Trinajstić information content (AvgIpc) is 2.41. The number of halogens is 1. The summed E-state index contributed by atoms with van der Waals surface area (Å²) < 4.78 is 0.556. The van der Waals surface area contributed by atoms with Gasteiger partial charge >= 0.3 is 0 Å². The quantitative estimate of drug-likeness (QED) is 0.745. The summed E-state index contributed by atoms with van der Waals surface area (Å²) in [6.07, 6.45) is 0. The minimum absolute atomic E-state index is 0.169. The molecule has 0 atom stereocenters. The van der Waals surface area contributed by atoms with E-state index in [2.05, 4.69) is 26.6 Å². The van der Waals surface area contributed by atoms with Gasteiger partial charge in [0, 0.05) is 24.0 Å². The van der Waals surface area contributed by atoms with Crippen molar-refractivity contribution in [2.75, 3.05) is 16.4 Å². The van der Waals surface area contributed by atoms with Crippen molar-refractivity contribution in [3.63, 3.8) is 0 Å². The number of carbonyl (C=O) groups excluding carboxylic acids is 2. The lowest BCUT2D eigenvalue weighted by Gasteiger charge is -2.10. The zero-order valence-corrected chi connectivity index (χ0v) is 12.9. The summed E-state index contributed by atoms with van der Waals surface area (Å²) >= 11 is 3.30. The zero-order valence-electron chi connectivity index (χ0n) is 11.3. The van der Waals surface area contributed by atoms with Crippen LogP contribution < -0.4 is 16.4 Å². The first-order valence-electron chi connectivity index (χ1n) is 6.20. The molecule has 0 radical (unpaired) electrons. The first-order chi connectivity index (χ1) is 9.97. The van der Waals surface area contributed by atoms with Gasteiger partial charge in [0.1, 0.15) is 0 Å². The second kappa shape index (κ2) is 6.41. The summed E-state index contributed by atoms with van der Waals surface area (Å²) in [4.78, 5) is 23.3. The molecule has 0 spiro atoms. The lowest BCUT2D eigenvalue weighted by Crippen LogP contribution is -2.13. The molecule has 6 heteroatoms. The Balaban J connectivity index is 2.20. The van der Waals surface area contributed by atoms with Crippen molar-refractivity contribution in [1.82, 2.24) is 0 Å². The highest BCUT2D eigenvalue weighted by Gasteiger charge is 2.12. The predicted molar refractivity (Wildman–Crippen MR) is 87.3 cm³/mol. The predicted octanol–water partition coefficient (Wildman–Crippen LogP) is 3.24. The van der Waals surface area contributed by atoms with Crippen LogP contribution in [0.25, 0.3) is 0 Å². The molecule has 0 aliphatic carbocycles. The molecule has 0 aromatic heterocycles. The monoisotopic (exact) mass is 347 g/mol. The van der Waals surface area contributed by atoms with E-state index in [-0.39, 0.29) is 11.8 Å². The van der Waals surface area contributed by atoms with Crippen LogP contribution in [0.1, 0.15) is 17.3 Å². The van der Waals surface area contributed by atoms with Crippen LogP contribution in [0.15, 0.2) is 46.9 Å². The minimum atomic E-state index is -0.283. The molecule has 0 heterocycles. The summed E-state index contributed by atoms with van der Waals surface area (Å²) in [6.45, 7) is 1.43. The fourth-order valence-corrected chi connectivity index (χ4v) is 2.25. The SMILES string of the molecule is CC(=O)Nc1cccc(NC(=O)c2cccc(N)c2Br)c1. The van der Waals surface area contributed by atoms with Gasteiger partial charge in [-0.3, -0.25) is 9.59 Å². The van der Waals surface area contributed by atoms with Crippen LogP contribution in [0.3, 0.4) is 0 Å². The van der Waals surface area contributed by atoms with Gasteiger partial charge in [-0.05, 0) is 46.3 Å². The third-order valence-electron chi connectivity index (χ3n) is 2.71. The number of nitrogens with two attached hydrogens (primary N) is 1. The van der Waals surface area contributed by atoms with Crippen LogP contribution in [0, 0.1) is 0 Å². The van der Waals surface area contributed by atoms with E-state index >= 15 is 0 Å². The maximum Gasteiger partial charge on any atom is 0.256 e. The Bertz CT molecular complexity index is 701. The van der Waals surface area contributed by atoms with Crippen LogP contribution in [-0.4, -0.2) is 11.8 Å². The number of amides is 2. The molecule has 0 fully saturated rings. The van der Waals surface area contributed by atoms with Crippen LogP contribution in [0.5, 0.6) is 0 Å². The van der Waals surface area contributed by atoms with E-state index < -0.39 is 0 Å². The van der Waals surface area contributed by atoms with E-state index in [1.54, 1.807) is 42.5 Å². The molecule has 4 N–H and O–H groups in total. The second-order valence-electron chi connectivity index (χ2n) is 4.42. The van der Waals surface area contributed by atoms with Crippen molar-refractivity contribution in [2.45, 2.75) is 6.92 Å². The maximum atomic E-state index is 12.2. The van der Waals surface area contributed by atoms with Crippen LogP contribution in [0.2, 0.25) is 0 Å². The molecule has 21 heavy (non-hydrogen) atoms. The second-order valence-corrected chi connectivity index (χ2v) is 5.22. The fraction of sp³-hybridized carbons (Fsp3) is 0.0667. The molecule has 108 valence electrons. The Morgan fingerprint density at radius 1 is 1.05 bits per heavy atom. The highest BCUT2D eigenvalue weighted by atomic mass is 79.9. The van der Waals surface area contributed by atoms with Gasteiger partial charge in [0.15, 0.2) is 0 Å². The third kappa shape index (κ3) is 3.82. The Labute approximate surface area is 130 Å². The zero-order chi connectivity index (χ0) is 15.4. The Morgan fingerprint density at radius 3 is 2.33 bits per heavy atom. The van der Waals surface area contributed by atoms with Crippen molar-refractivity contribution in [3.05, 3.63) is 52.5 Å². The minimum Gasteiger partial charge on any atom is -0.398 e. The topological polar surface area (TPSA) is 84.2 Å². The number of hydrogen-bond acceptors (Lipinski definition) is 3. The number of benzene rings is 2. The van der Waals surface area contributed by atoms with Gasteiger partial charge in [-0.25, -0.2) is 0 Å². The molecule has 0 bridgehead atoms. The fourth-order valence-electron chi connectivity index (χ4n) is 1.80. The van der Waals surface area contributed by atoms with Crippen molar-refractivity contribution in [2.24, 2.45) is 0 Å². The number of rotatable bonds is 3. The number of nitrogen functional groups attached to an aromatic ring is 1. The van der Waals surface area contributed by atoms with Crippen molar-refractivity contribution in [1.29, 1.82) is 0 Å².